The van der Waals surface area contributed by atoms with Crippen LogP contribution in [0.4, 0.5) is 0 Å². The zero-order chi connectivity index (χ0) is 9.52. The molecule has 3 heteroatoms. The summed E-state index contributed by atoms with van der Waals surface area (Å²) < 4.78 is 0. The molecule has 1 unspecified atom stereocenters. The summed E-state index contributed by atoms with van der Waals surface area (Å²) in [7, 11) is 0. The van der Waals surface area contributed by atoms with Crippen LogP contribution in [0, 0.1) is 0 Å². The van der Waals surface area contributed by atoms with Gasteiger partial charge in [-0.2, -0.15) is 11.3 Å². The first-order chi connectivity index (χ1) is 6.38. The average Bonchev–Trinajstić information content (AvgIpc) is 2.65. The molecular weight excluding hydrogens is 180 g/mol. The van der Waals surface area contributed by atoms with Crippen LogP contribution in [-0.4, -0.2) is 0 Å². The van der Waals surface area contributed by atoms with Gasteiger partial charge in [0.15, 0.2) is 0 Å². The fraction of sp³-hybridized carbons (Fsp3) is 0.400. The van der Waals surface area contributed by atoms with Gasteiger partial charge in [0, 0.05) is 6.04 Å². The van der Waals surface area contributed by atoms with E-state index in [1.165, 1.54) is 5.56 Å². The van der Waals surface area contributed by atoms with E-state index in [2.05, 4.69) is 28.8 Å². The molecule has 0 aliphatic rings. The quantitative estimate of drug-likeness (QED) is 0.318. The summed E-state index contributed by atoms with van der Waals surface area (Å²) >= 11 is 1.71. The van der Waals surface area contributed by atoms with Gasteiger partial charge in [-0.25, -0.2) is 0 Å². The molecule has 0 spiro atoms. The Labute approximate surface area is 83.4 Å². The van der Waals surface area contributed by atoms with Gasteiger partial charge < -0.3 is 0 Å². The van der Waals surface area contributed by atoms with Crippen molar-refractivity contribution in [2.24, 2.45) is 5.84 Å². The lowest BCUT2D eigenvalue weighted by atomic mass is 10.0. The smallest absolute Gasteiger partial charge is 0.0468 e. The SMILES string of the molecule is C=CCCCC(NN)c1ccsc1. The number of thiophene rings is 1. The molecular formula is C10H16N2S. The number of allylic oxidation sites excluding steroid dienone is 1. The molecule has 1 aromatic rings. The standard InChI is InChI=1S/C10H16N2S/c1-2-3-4-5-10(12-11)9-6-7-13-8-9/h2,6-8,10,12H,1,3-5,11H2. The van der Waals surface area contributed by atoms with Crippen LogP contribution in [0.2, 0.25) is 0 Å². The molecule has 72 valence electrons. The van der Waals surface area contributed by atoms with Gasteiger partial charge in [-0.05, 0) is 41.7 Å². The molecule has 1 rings (SSSR count). The van der Waals surface area contributed by atoms with E-state index in [0.29, 0.717) is 6.04 Å². The maximum atomic E-state index is 5.48. The molecule has 1 heterocycles. The molecule has 0 saturated carbocycles. The fourth-order valence-electron chi connectivity index (χ4n) is 1.29. The Morgan fingerprint density at radius 3 is 3.08 bits per heavy atom. The van der Waals surface area contributed by atoms with Gasteiger partial charge in [-0.15, -0.1) is 6.58 Å². The van der Waals surface area contributed by atoms with Crippen LogP contribution >= 0.6 is 11.3 Å². The molecule has 0 saturated heterocycles. The number of rotatable bonds is 6. The van der Waals surface area contributed by atoms with Gasteiger partial charge in [0.25, 0.3) is 0 Å². The number of hydrogen-bond acceptors (Lipinski definition) is 3. The van der Waals surface area contributed by atoms with Crippen LogP contribution in [0.1, 0.15) is 30.9 Å². The monoisotopic (exact) mass is 196 g/mol. The van der Waals surface area contributed by atoms with Crippen LogP contribution in [0.5, 0.6) is 0 Å². The highest BCUT2D eigenvalue weighted by Crippen LogP contribution is 2.20. The molecule has 0 aromatic carbocycles. The number of unbranched alkanes of at least 4 members (excludes halogenated alkanes) is 1. The van der Waals surface area contributed by atoms with Crippen LogP contribution in [-0.2, 0) is 0 Å². The fourth-order valence-corrected chi connectivity index (χ4v) is 2.00. The Kier molecular flexibility index (Phi) is 4.75. The summed E-state index contributed by atoms with van der Waals surface area (Å²) in [6.45, 7) is 3.70. The first kappa shape index (κ1) is 10.4. The topological polar surface area (TPSA) is 38.0 Å². The summed E-state index contributed by atoms with van der Waals surface area (Å²) in [6.07, 6.45) is 5.21. The first-order valence-electron chi connectivity index (χ1n) is 4.47. The van der Waals surface area contributed by atoms with Crippen molar-refractivity contribution in [1.82, 2.24) is 5.43 Å². The van der Waals surface area contributed by atoms with Crippen molar-refractivity contribution >= 4 is 11.3 Å². The van der Waals surface area contributed by atoms with Crippen molar-refractivity contribution in [3.63, 3.8) is 0 Å². The second-order valence-corrected chi connectivity index (χ2v) is 3.78. The second-order valence-electron chi connectivity index (χ2n) is 3.00. The van der Waals surface area contributed by atoms with E-state index in [9.17, 15) is 0 Å². The highest BCUT2D eigenvalue weighted by atomic mass is 32.1. The lowest BCUT2D eigenvalue weighted by Gasteiger charge is -2.13. The summed E-state index contributed by atoms with van der Waals surface area (Å²) in [5, 5.41) is 4.21. The number of nitrogens with two attached hydrogens (primary N) is 1. The molecule has 0 bridgehead atoms. The maximum Gasteiger partial charge on any atom is 0.0468 e. The Balaban J connectivity index is 2.39. The number of nitrogens with one attached hydrogen (secondary N) is 1. The van der Waals surface area contributed by atoms with E-state index in [4.69, 9.17) is 5.84 Å². The summed E-state index contributed by atoms with van der Waals surface area (Å²) in [5.74, 6) is 5.48. The maximum absolute atomic E-state index is 5.48. The Hall–Kier alpha value is -0.640. The third kappa shape index (κ3) is 3.30. The zero-order valence-electron chi connectivity index (χ0n) is 7.70. The molecule has 0 aliphatic heterocycles. The van der Waals surface area contributed by atoms with E-state index < -0.39 is 0 Å². The zero-order valence-corrected chi connectivity index (χ0v) is 8.52. The Morgan fingerprint density at radius 2 is 2.54 bits per heavy atom. The van der Waals surface area contributed by atoms with Crippen molar-refractivity contribution in [3.8, 4) is 0 Å². The summed E-state index contributed by atoms with van der Waals surface area (Å²) in [5.41, 5.74) is 4.12. The van der Waals surface area contributed by atoms with Crippen molar-refractivity contribution < 1.29 is 0 Å². The van der Waals surface area contributed by atoms with Gasteiger partial charge in [-0.1, -0.05) is 6.08 Å². The predicted octanol–water partition coefficient (Wildman–Crippen LogP) is 2.61. The minimum absolute atomic E-state index is 0.297. The van der Waals surface area contributed by atoms with Crippen LogP contribution in [0.25, 0.3) is 0 Å². The van der Waals surface area contributed by atoms with E-state index in [-0.39, 0.29) is 0 Å². The Morgan fingerprint density at radius 1 is 1.69 bits per heavy atom. The van der Waals surface area contributed by atoms with E-state index in [1.807, 2.05) is 6.08 Å². The van der Waals surface area contributed by atoms with E-state index >= 15 is 0 Å². The normalized spacial score (nSPS) is 12.7. The highest BCUT2D eigenvalue weighted by Gasteiger charge is 2.08. The summed E-state index contributed by atoms with van der Waals surface area (Å²) in [4.78, 5) is 0. The predicted molar refractivity (Wildman–Crippen MR) is 58.4 cm³/mol. The van der Waals surface area contributed by atoms with Gasteiger partial charge in [-0.3, -0.25) is 11.3 Å². The largest absolute Gasteiger partial charge is 0.271 e. The molecule has 0 radical (unpaired) electrons. The minimum Gasteiger partial charge on any atom is -0.271 e. The summed E-state index contributed by atoms with van der Waals surface area (Å²) in [6, 6.07) is 2.41. The molecule has 0 amide bonds. The highest BCUT2D eigenvalue weighted by molar-refractivity contribution is 7.07. The van der Waals surface area contributed by atoms with Crippen molar-refractivity contribution in [2.45, 2.75) is 25.3 Å². The molecule has 13 heavy (non-hydrogen) atoms. The van der Waals surface area contributed by atoms with E-state index in [0.717, 1.165) is 19.3 Å². The van der Waals surface area contributed by atoms with Crippen molar-refractivity contribution in [3.05, 3.63) is 35.0 Å². The Bertz CT molecular complexity index is 231. The third-order valence-electron chi connectivity index (χ3n) is 2.05. The molecule has 0 fully saturated rings. The average molecular weight is 196 g/mol. The van der Waals surface area contributed by atoms with E-state index in [1.54, 1.807) is 11.3 Å². The van der Waals surface area contributed by atoms with Gasteiger partial charge in [0.05, 0.1) is 0 Å². The minimum atomic E-state index is 0.297. The third-order valence-corrected chi connectivity index (χ3v) is 2.75. The van der Waals surface area contributed by atoms with Crippen molar-refractivity contribution in [2.75, 3.05) is 0 Å². The molecule has 0 aliphatic carbocycles. The number of hydrazine groups is 1. The molecule has 2 nitrogen and oxygen atoms in total. The second kappa shape index (κ2) is 5.91. The molecule has 1 aromatic heterocycles. The number of hydrogen-bond donors (Lipinski definition) is 2. The lowest BCUT2D eigenvalue weighted by molar-refractivity contribution is 0.502. The van der Waals surface area contributed by atoms with Crippen LogP contribution < -0.4 is 11.3 Å². The van der Waals surface area contributed by atoms with Gasteiger partial charge in [0.1, 0.15) is 0 Å². The van der Waals surface area contributed by atoms with Crippen LogP contribution in [0.15, 0.2) is 29.5 Å². The van der Waals surface area contributed by atoms with Gasteiger partial charge in [0.2, 0.25) is 0 Å². The van der Waals surface area contributed by atoms with Gasteiger partial charge >= 0.3 is 0 Å². The molecule has 1 atom stereocenters. The van der Waals surface area contributed by atoms with Crippen LogP contribution in [0.3, 0.4) is 0 Å². The lowest BCUT2D eigenvalue weighted by Crippen LogP contribution is -2.27. The first-order valence-corrected chi connectivity index (χ1v) is 5.42. The molecule has 3 N–H and O–H groups in total. The van der Waals surface area contributed by atoms with Crippen molar-refractivity contribution in [1.29, 1.82) is 0 Å².